The minimum absolute atomic E-state index is 0.350. The van der Waals surface area contributed by atoms with Crippen molar-refractivity contribution < 1.29 is 9.53 Å². The lowest BCUT2D eigenvalue weighted by Crippen LogP contribution is -2.29. The number of nitrogens with two attached hydrogens (primary N) is 1. The summed E-state index contributed by atoms with van der Waals surface area (Å²) in [4.78, 5) is 11.1. The van der Waals surface area contributed by atoms with Gasteiger partial charge in [-0.2, -0.15) is 0 Å². The fourth-order valence-electron chi connectivity index (χ4n) is 2.12. The van der Waals surface area contributed by atoms with E-state index < -0.39 is 6.04 Å². The number of allylic oxidation sites excluding steroid dienone is 1. The molecule has 1 atom stereocenters. The predicted molar refractivity (Wildman–Crippen MR) is 58.1 cm³/mol. The van der Waals surface area contributed by atoms with Crippen molar-refractivity contribution in [3.05, 3.63) is 12.2 Å². The quantitative estimate of drug-likeness (QED) is 0.551. The maximum atomic E-state index is 11.1. The molecule has 2 N–H and O–H groups in total. The van der Waals surface area contributed by atoms with E-state index in [1.54, 1.807) is 0 Å². The lowest BCUT2D eigenvalue weighted by Gasteiger charge is -2.10. The molecule has 3 nitrogen and oxygen atoms in total. The van der Waals surface area contributed by atoms with Gasteiger partial charge in [-0.1, -0.05) is 12.2 Å². The van der Waals surface area contributed by atoms with E-state index in [1.165, 1.54) is 32.8 Å². The van der Waals surface area contributed by atoms with Gasteiger partial charge in [0.1, 0.15) is 6.04 Å². The summed E-state index contributed by atoms with van der Waals surface area (Å²) in [5.74, 6) is 2.04. The van der Waals surface area contributed by atoms with E-state index in [9.17, 15) is 4.79 Å². The Bertz CT molecular complexity index is 255. The van der Waals surface area contributed by atoms with Gasteiger partial charge in [-0.3, -0.25) is 4.79 Å². The van der Waals surface area contributed by atoms with Crippen LogP contribution >= 0.6 is 0 Å². The summed E-state index contributed by atoms with van der Waals surface area (Å²) in [6, 6.07) is -0.588. The summed E-state index contributed by atoms with van der Waals surface area (Å²) in [5, 5.41) is 0. The molecule has 0 aliphatic heterocycles. The van der Waals surface area contributed by atoms with Crippen molar-refractivity contribution in [3.63, 3.8) is 0 Å². The summed E-state index contributed by atoms with van der Waals surface area (Å²) in [7, 11) is 1.37. The number of carbonyl (C=O) groups is 1. The van der Waals surface area contributed by atoms with Crippen LogP contribution in [0.25, 0.3) is 0 Å². The zero-order valence-corrected chi connectivity index (χ0v) is 9.19. The lowest BCUT2D eigenvalue weighted by molar-refractivity contribution is -0.140. The van der Waals surface area contributed by atoms with Crippen LogP contribution in [-0.4, -0.2) is 19.1 Å². The molecule has 0 aromatic carbocycles. The molecule has 0 aromatic heterocycles. The van der Waals surface area contributed by atoms with Gasteiger partial charge >= 0.3 is 5.97 Å². The summed E-state index contributed by atoms with van der Waals surface area (Å²) in [6.45, 7) is 0. The molecule has 3 heteroatoms. The summed E-state index contributed by atoms with van der Waals surface area (Å²) < 4.78 is 4.58. The Balaban J connectivity index is 1.87. The van der Waals surface area contributed by atoms with E-state index in [-0.39, 0.29) is 5.97 Å². The molecule has 2 saturated carbocycles. The first kappa shape index (κ1) is 10.7. The fraction of sp³-hybridized carbons (Fsp3) is 0.750. The zero-order valence-electron chi connectivity index (χ0n) is 9.19. The molecule has 2 aliphatic rings. The highest BCUT2D eigenvalue weighted by molar-refractivity contribution is 5.77. The van der Waals surface area contributed by atoms with Gasteiger partial charge in [0.05, 0.1) is 7.11 Å². The van der Waals surface area contributed by atoms with Crippen LogP contribution in [0.4, 0.5) is 0 Å². The summed E-state index contributed by atoms with van der Waals surface area (Å²) in [6.07, 6.45) is 9.35. The average molecular weight is 209 g/mol. The van der Waals surface area contributed by atoms with Crippen LogP contribution in [-0.2, 0) is 9.53 Å². The second-order valence-electron chi connectivity index (χ2n) is 4.69. The van der Waals surface area contributed by atoms with Crippen molar-refractivity contribution in [1.82, 2.24) is 0 Å². The Kier molecular flexibility index (Phi) is 3.10. The smallest absolute Gasteiger partial charge is 0.326 e. The Labute approximate surface area is 90.7 Å². The first-order chi connectivity index (χ1) is 7.22. The van der Waals surface area contributed by atoms with Crippen LogP contribution < -0.4 is 5.73 Å². The van der Waals surface area contributed by atoms with Crippen molar-refractivity contribution in [3.8, 4) is 0 Å². The highest BCUT2D eigenvalue weighted by Crippen LogP contribution is 2.49. The van der Waals surface area contributed by atoms with Gasteiger partial charge in [-0.15, -0.1) is 0 Å². The zero-order chi connectivity index (χ0) is 10.8. The number of methoxy groups -OCH3 is 1. The van der Waals surface area contributed by atoms with Crippen molar-refractivity contribution in [2.24, 2.45) is 23.5 Å². The van der Waals surface area contributed by atoms with Gasteiger partial charge in [0, 0.05) is 0 Å². The molecule has 0 spiro atoms. The second kappa shape index (κ2) is 4.35. The van der Waals surface area contributed by atoms with Gasteiger partial charge in [-0.25, -0.2) is 0 Å². The monoisotopic (exact) mass is 209 g/mol. The largest absolute Gasteiger partial charge is 0.468 e. The maximum Gasteiger partial charge on any atom is 0.326 e. The Morgan fingerprint density at radius 2 is 1.80 bits per heavy atom. The fourth-order valence-corrected chi connectivity index (χ4v) is 2.12. The highest BCUT2D eigenvalue weighted by atomic mass is 16.5. The van der Waals surface area contributed by atoms with E-state index in [2.05, 4.69) is 10.8 Å². The van der Waals surface area contributed by atoms with E-state index in [0.29, 0.717) is 5.92 Å². The van der Waals surface area contributed by atoms with Crippen molar-refractivity contribution in [2.75, 3.05) is 7.11 Å². The number of rotatable bonds is 5. The molecule has 0 amide bonds. The molecule has 0 radical (unpaired) electrons. The second-order valence-corrected chi connectivity index (χ2v) is 4.69. The van der Waals surface area contributed by atoms with Crippen molar-refractivity contribution in [2.45, 2.75) is 31.7 Å². The molecule has 15 heavy (non-hydrogen) atoms. The number of hydrogen-bond donors (Lipinski definition) is 1. The first-order valence-electron chi connectivity index (χ1n) is 5.74. The molecule has 0 saturated heterocycles. The topological polar surface area (TPSA) is 52.3 Å². The van der Waals surface area contributed by atoms with Crippen LogP contribution in [0.2, 0.25) is 0 Å². The molecule has 0 heterocycles. The van der Waals surface area contributed by atoms with Crippen molar-refractivity contribution in [1.29, 1.82) is 0 Å². The Morgan fingerprint density at radius 3 is 2.20 bits per heavy atom. The van der Waals surface area contributed by atoms with Crippen LogP contribution in [0.1, 0.15) is 25.7 Å². The van der Waals surface area contributed by atoms with Crippen LogP contribution in [0.15, 0.2) is 12.2 Å². The first-order valence-corrected chi connectivity index (χ1v) is 5.74. The highest BCUT2D eigenvalue weighted by Gasteiger charge is 2.39. The van der Waals surface area contributed by atoms with Gasteiger partial charge in [0.25, 0.3) is 0 Å². The number of esters is 1. The Hall–Kier alpha value is -0.830. The van der Waals surface area contributed by atoms with Crippen LogP contribution in [0, 0.1) is 17.8 Å². The Morgan fingerprint density at radius 1 is 1.27 bits per heavy atom. The maximum absolute atomic E-state index is 11.1. The molecule has 2 fully saturated rings. The predicted octanol–water partition coefficient (Wildman–Crippen LogP) is 1.48. The molecular formula is C12H19NO2. The van der Waals surface area contributed by atoms with E-state index in [0.717, 1.165) is 11.8 Å². The van der Waals surface area contributed by atoms with Gasteiger partial charge in [-0.05, 0) is 43.4 Å². The minimum Gasteiger partial charge on any atom is -0.468 e. The third-order valence-corrected chi connectivity index (χ3v) is 3.35. The molecule has 1 unspecified atom stereocenters. The standard InChI is InChI=1S/C12H19NO2/c1-15-12(14)11(13)7-6-10(8-2-3-8)9-4-5-9/h6-11H,2-5,13H2,1H3. The third kappa shape index (κ3) is 2.81. The average Bonchev–Trinajstić information content (AvgIpc) is 3.07. The molecule has 2 rings (SSSR count). The lowest BCUT2D eigenvalue weighted by atomic mass is 9.97. The summed E-state index contributed by atoms with van der Waals surface area (Å²) >= 11 is 0. The summed E-state index contributed by atoms with van der Waals surface area (Å²) in [5.41, 5.74) is 5.66. The number of carbonyl (C=O) groups excluding carboxylic acids is 1. The molecule has 0 aromatic rings. The number of ether oxygens (including phenoxy) is 1. The molecule has 2 aliphatic carbocycles. The number of hydrogen-bond acceptors (Lipinski definition) is 3. The van der Waals surface area contributed by atoms with Gasteiger partial charge < -0.3 is 10.5 Å². The van der Waals surface area contributed by atoms with Crippen LogP contribution in [0.5, 0.6) is 0 Å². The third-order valence-electron chi connectivity index (χ3n) is 3.35. The van der Waals surface area contributed by atoms with Gasteiger partial charge in [0.2, 0.25) is 0 Å². The normalized spacial score (nSPS) is 23.4. The van der Waals surface area contributed by atoms with E-state index >= 15 is 0 Å². The minimum atomic E-state index is -0.588. The molecular weight excluding hydrogens is 190 g/mol. The molecule has 0 bridgehead atoms. The van der Waals surface area contributed by atoms with E-state index in [4.69, 9.17) is 5.73 Å². The van der Waals surface area contributed by atoms with Crippen molar-refractivity contribution >= 4 is 5.97 Å². The van der Waals surface area contributed by atoms with E-state index in [1.807, 2.05) is 6.08 Å². The molecule has 84 valence electrons. The van der Waals surface area contributed by atoms with Crippen LogP contribution in [0.3, 0.4) is 0 Å². The van der Waals surface area contributed by atoms with Gasteiger partial charge in [0.15, 0.2) is 0 Å². The SMILES string of the molecule is COC(=O)C(N)C=CC(C1CC1)C1CC1.